The number of pyridine rings is 1. The fourth-order valence-corrected chi connectivity index (χ4v) is 2.83. The van der Waals surface area contributed by atoms with Gasteiger partial charge in [0.15, 0.2) is 0 Å². The Bertz CT molecular complexity index is 938. The molecule has 2 N–H and O–H groups in total. The van der Waals surface area contributed by atoms with E-state index in [1.54, 1.807) is 37.6 Å². The lowest BCUT2D eigenvalue weighted by atomic mass is 10.0. The Morgan fingerprint density at radius 3 is 2.44 bits per heavy atom. The highest BCUT2D eigenvalue weighted by molar-refractivity contribution is 6.05. The van der Waals surface area contributed by atoms with Gasteiger partial charge in [0.05, 0.1) is 12.8 Å². The fourth-order valence-electron chi connectivity index (χ4n) is 2.83. The summed E-state index contributed by atoms with van der Waals surface area (Å²) >= 11 is 0. The van der Waals surface area contributed by atoms with Crippen molar-refractivity contribution in [1.82, 2.24) is 4.98 Å². The normalized spacial score (nSPS) is 10.5. The van der Waals surface area contributed by atoms with Gasteiger partial charge in [0.2, 0.25) is 0 Å². The molecule has 5 heteroatoms. The second kappa shape index (κ2) is 8.36. The molecule has 0 saturated carbocycles. The van der Waals surface area contributed by atoms with Gasteiger partial charge in [-0.15, -0.1) is 0 Å². The van der Waals surface area contributed by atoms with E-state index in [1.807, 2.05) is 30.3 Å². The van der Waals surface area contributed by atoms with Crippen LogP contribution >= 0.6 is 0 Å². The molecule has 3 rings (SSSR count). The summed E-state index contributed by atoms with van der Waals surface area (Å²) in [6, 6.07) is 18.8. The Hall–Kier alpha value is -3.34. The summed E-state index contributed by atoms with van der Waals surface area (Å²) in [5.74, 6) is 1.40. The first kappa shape index (κ1) is 18.5. The van der Waals surface area contributed by atoms with Gasteiger partial charge in [-0.3, -0.25) is 4.79 Å². The molecule has 0 fully saturated rings. The molecule has 3 aromatic rings. The van der Waals surface area contributed by atoms with Gasteiger partial charge in [-0.25, -0.2) is 4.98 Å². The third kappa shape index (κ3) is 4.44. The molecule has 1 aromatic heterocycles. The topological polar surface area (TPSA) is 63.2 Å². The van der Waals surface area contributed by atoms with E-state index >= 15 is 0 Å². The van der Waals surface area contributed by atoms with Gasteiger partial charge in [0, 0.05) is 17.4 Å². The molecule has 1 amide bonds. The number of hydrogen-bond donors (Lipinski definition) is 2. The molecule has 0 saturated heterocycles. The highest BCUT2D eigenvalue weighted by Crippen LogP contribution is 2.27. The highest BCUT2D eigenvalue weighted by Gasteiger charge is 2.11. The lowest BCUT2D eigenvalue weighted by Crippen LogP contribution is -2.13. The van der Waals surface area contributed by atoms with Crippen LogP contribution in [0.15, 0.2) is 66.9 Å². The minimum atomic E-state index is -0.220. The number of carbonyl (C=O) groups excluding carboxylic acids is 1. The lowest BCUT2D eigenvalue weighted by Gasteiger charge is -2.14. The van der Waals surface area contributed by atoms with Crippen LogP contribution in [0, 0.1) is 0 Å². The van der Waals surface area contributed by atoms with Gasteiger partial charge in [0.1, 0.15) is 11.6 Å². The molecule has 138 valence electrons. The number of hydrogen-bond acceptors (Lipinski definition) is 4. The van der Waals surface area contributed by atoms with Crippen molar-refractivity contribution in [2.24, 2.45) is 0 Å². The van der Waals surface area contributed by atoms with E-state index in [0.29, 0.717) is 28.7 Å². The van der Waals surface area contributed by atoms with Gasteiger partial charge in [0.25, 0.3) is 5.91 Å². The van der Waals surface area contributed by atoms with Crippen LogP contribution in [0.1, 0.15) is 35.7 Å². The highest BCUT2D eigenvalue weighted by atomic mass is 16.5. The van der Waals surface area contributed by atoms with E-state index in [4.69, 9.17) is 4.74 Å². The molecule has 0 aliphatic heterocycles. The molecule has 2 aromatic carbocycles. The smallest absolute Gasteiger partial charge is 0.255 e. The molecule has 0 bridgehead atoms. The van der Waals surface area contributed by atoms with Crippen LogP contribution in [0.25, 0.3) is 0 Å². The van der Waals surface area contributed by atoms with Crippen molar-refractivity contribution in [3.05, 3.63) is 78.0 Å². The van der Waals surface area contributed by atoms with Crippen LogP contribution < -0.4 is 15.4 Å². The van der Waals surface area contributed by atoms with Crippen molar-refractivity contribution in [1.29, 1.82) is 0 Å². The maximum atomic E-state index is 12.6. The van der Waals surface area contributed by atoms with Crippen molar-refractivity contribution in [3.63, 3.8) is 0 Å². The number of methoxy groups -OCH3 is 1. The molecule has 0 atom stereocenters. The molecule has 0 radical (unpaired) electrons. The zero-order valence-electron chi connectivity index (χ0n) is 15.7. The largest absolute Gasteiger partial charge is 0.495 e. The molecular weight excluding hydrogens is 338 g/mol. The molecule has 0 aliphatic carbocycles. The second-order valence-corrected chi connectivity index (χ2v) is 6.45. The quantitative estimate of drug-likeness (QED) is 0.633. The van der Waals surface area contributed by atoms with Crippen LogP contribution in [0.2, 0.25) is 0 Å². The summed E-state index contributed by atoms with van der Waals surface area (Å²) in [5, 5.41) is 6.20. The van der Waals surface area contributed by atoms with E-state index in [1.165, 1.54) is 5.56 Å². The molecule has 0 unspecified atom stereocenters. The summed E-state index contributed by atoms with van der Waals surface area (Å²) in [7, 11) is 1.58. The predicted octanol–water partition coefficient (Wildman–Crippen LogP) is 5.21. The monoisotopic (exact) mass is 361 g/mol. The standard InChI is InChI=1S/C22H23N3O2/c1-15(2)17-8-4-5-9-18(17)24-21-14-16(12-13-23-21)22(26)25-19-10-6-7-11-20(19)27-3/h4-15H,1-3H3,(H,23,24)(H,25,26). The summed E-state index contributed by atoms with van der Waals surface area (Å²) < 4.78 is 5.28. The van der Waals surface area contributed by atoms with Crippen LogP contribution in [0.4, 0.5) is 17.2 Å². The summed E-state index contributed by atoms with van der Waals surface area (Å²) in [4.78, 5) is 17.0. The summed E-state index contributed by atoms with van der Waals surface area (Å²) in [5.41, 5.74) is 3.33. The molecule has 27 heavy (non-hydrogen) atoms. The number of aromatic nitrogens is 1. The number of nitrogens with zero attached hydrogens (tertiary/aromatic N) is 1. The second-order valence-electron chi connectivity index (χ2n) is 6.45. The Kier molecular flexibility index (Phi) is 5.71. The Morgan fingerprint density at radius 1 is 1.00 bits per heavy atom. The Balaban J connectivity index is 1.81. The van der Waals surface area contributed by atoms with Gasteiger partial charge < -0.3 is 15.4 Å². The third-order valence-corrected chi connectivity index (χ3v) is 4.22. The van der Waals surface area contributed by atoms with Crippen molar-refractivity contribution in [2.75, 3.05) is 17.7 Å². The maximum absolute atomic E-state index is 12.6. The van der Waals surface area contributed by atoms with Crippen molar-refractivity contribution < 1.29 is 9.53 Å². The third-order valence-electron chi connectivity index (χ3n) is 4.22. The van der Waals surface area contributed by atoms with Crippen LogP contribution in [-0.4, -0.2) is 18.0 Å². The van der Waals surface area contributed by atoms with E-state index in [9.17, 15) is 4.79 Å². The SMILES string of the molecule is COc1ccccc1NC(=O)c1ccnc(Nc2ccccc2C(C)C)c1. The zero-order chi connectivity index (χ0) is 19.2. The first-order valence-electron chi connectivity index (χ1n) is 8.85. The maximum Gasteiger partial charge on any atom is 0.255 e. The number of nitrogens with one attached hydrogen (secondary N) is 2. The fraction of sp³-hybridized carbons (Fsp3) is 0.182. The van der Waals surface area contributed by atoms with E-state index < -0.39 is 0 Å². The Morgan fingerprint density at radius 2 is 1.70 bits per heavy atom. The van der Waals surface area contributed by atoms with Gasteiger partial charge in [-0.1, -0.05) is 44.2 Å². The molecule has 1 heterocycles. The van der Waals surface area contributed by atoms with Crippen LogP contribution in [0.5, 0.6) is 5.75 Å². The number of amides is 1. The summed E-state index contributed by atoms with van der Waals surface area (Å²) in [6.07, 6.45) is 1.62. The molecular formula is C22H23N3O2. The molecule has 0 aliphatic rings. The number of carbonyl (C=O) groups is 1. The van der Waals surface area contributed by atoms with Crippen LogP contribution in [-0.2, 0) is 0 Å². The van der Waals surface area contributed by atoms with E-state index in [0.717, 1.165) is 5.69 Å². The summed E-state index contributed by atoms with van der Waals surface area (Å²) in [6.45, 7) is 4.29. The Labute approximate surface area is 159 Å². The van der Waals surface area contributed by atoms with Gasteiger partial charge in [-0.2, -0.15) is 0 Å². The number of rotatable bonds is 6. The minimum absolute atomic E-state index is 0.220. The molecule has 5 nitrogen and oxygen atoms in total. The van der Waals surface area contributed by atoms with Crippen molar-refractivity contribution in [3.8, 4) is 5.75 Å². The van der Waals surface area contributed by atoms with E-state index in [2.05, 4.69) is 35.5 Å². The van der Waals surface area contributed by atoms with Crippen LogP contribution in [0.3, 0.4) is 0 Å². The lowest BCUT2D eigenvalue weighted by molar-refractivity contribution is 0.102. The number of anilines is 3. The van der Waals surface area contributed by atoms with Gasteiger partial charge in [-0.05, 0) is 41.8 Å². The van der Waals surface area contributed by atoms with Gasteiger partial charge >= 0.3 is 0 Å². The average molecular weight is 361 g/mol. The number of para-hydroxylation sites is 3. The molecule has 0 spiro atoms. The number of benzene rings is 2. The average Bonchev–Trinajstić information content (AvgIpc) is 2.69. The predicted molar refractivity (Wildman–Crippen MR) is 109 cm³/mol. The minimum Gasteiger partial charge on any atom is -0.495 e. The van der Waals surface area contributed by atoms with E-state index in [-0.39, 0.29) is 5.91 Å². The zero-order valence-corrected chi connectivity index (χ0v) is 15.7. The number of ether oxygens (including phenoxy) is 1. The first-order valence-corrected chi connectivity index (χ1v) is 8.85. The van der Waals surface area contributed by atoms with Crippen molar-refractivity contribution >= 4 is 23.1 Å². The first-order chi connectivity index (χ1) is 13.1. The van der Waals surface area contributed by atoms with Crippen molar-refractivity contribution in [2.45, 2.75) is 19.8 Å².